The molecule has 1 aliphatic heterocycles. The molecule has 0 bridgehead atoms. The molecule has 1 fully saturated rings. The molecule has 0 aliphatic carbocycles. The van der Waals surface area contributed by atoms with Gasteiger partial charge in [-0.1, -0.05) is 24.2 Å². The summed E-state index contributed by atoms with van der Waals surface area (Å²) in [5.41, 5.74) is 0.798. The van der Waals surface area contributed by atoms with E-state index >= 15 is 0 Å². The lowest BCUT2D eigenvalue weighted by molar-refractivity contribution is -0.118. The number of carbonyl (C=O) groups excluding carboxylic acids is 1. The first kappa shape index (κ1) is 22.0. The lowest BCUT2D eigenvalue weighted by atomic mass is 10.1. The minimum absolute atomic E-state index is 0.0577. The molecular weight excluding hydrogens is 433 g/mol. The van der Waals surface area contributed by atoms with Crippen LogP contribution in [-0.2, 0) is 11.3 Å². The van der Waals surface area contributed by atoms with Crippen molar-refractivity contribution in [1.29, 1.82) is 0 Å². The molecule has 9 heteroatoms. The van der Waals surface area contributed by atoms with Crippen molar-refractivity contribution in [2.45, 2.75) is 43.9 Å². The number of thioether (sulfide) groups is 1. The minimum Gasteiger partial charge on any atom is -0.350 e. The second kappa shape index (κ2) is 10.4. The van der Waals surface area contributed by atoms with Gasteiger partial charge in [0.1, 0.15) is 5.82 Å². The van der Waals surface area contributed by atoms with Gasteiger partial charge in [-0.15, -0.1) is 21.5 Å². The Hall–Kier alpha value is -2.23. The first-order valence-corrected chi connectivity index (χ1v) is 12.4. The maximum Gasteiger partial charge on any atom is 0.230 e. The molecule has 4 rings (SSSR count). The summed E-state index contributed by atoms with van der Waals surface area (Å²) in [4.78, 5) is 15.9. The van der Waals surface area contributed by atoms with E-state index in [-0.39, 0.29) is 23.5 Å². The van der Waals surface area contributed by atoms with Gasteiger partial charge in [-0.2, -0.15) is 0 Å². The zero-order valence-electron chi connectivity index (χ0n) is 17.5. The first-order valence-electron chi connectivity index (χ1n) is 10.5. The number of nitrogens with zero attached hydrogens (tertiary/aromatic N) is 4. The van der Waals surface area contributed by atoms with E-state index in [9.17, 15) is 9.18 Å². The van der Waals surface area contributed by atoms with E-state index in [1.54, 1.807) is 23.5 Å². The summed E-state index contributed by atoms with van der Waals surface area (Å²) < 4.78 is 15.5. The standard InChI is InChI=1S/C22H26FN5OS2/c1-16(27-11-3-2-4-12-27)21-25-26-22(28(21)18-9-7-17(23)8-10-18)31-15-20(29)24-14-19-6-5-13-30-19/h5-10,13,16H,2-4,11-12,14-15H2,1H3,(H,24,29)/t16-/m0/s1. The molecule has 1 amide bonds. The summed E-state index contributed by atoms with van der Waals surface area (Å²) in [5, 5.41) is 14.4. The van der Waals surface area contributed by atoms with Gasteiger partial charge in [0.2, 0.25) is 5.91 Å². The molecule has 0 spiro atoms. The van der Waals surface area contributed by atoms with Gasteiger partial charge in [-0.05, 0) is 68.6 Å². The highest BCUT2D eigenvalue weighted by molar-refractivity contribution is 7.99. The summed E-state index contributed by atoms with van der Waals surface area (Å²) in [6.45, 7) is 4.73. The average Bonchev–Trinajstić information content (AvgIpc) is 3.47. The Balaban J connectivity index is 1.51. The predicted octanol–water partition coefficient (Wildman–Crippen LogP) is 4.42. The van der Waals surface area contributed by atoms with E-state index < -0.39 is 0 Å². The van der Waals surface area contributed by atoms with Crippen LogP contribution in [0.5, 0.6) is 0 Å². The van der Waals surface area contributed by atoms with Gasteiger partial charge in [0, 0.05) is 10.6 Å². The van der Waals surface area contributed by atoms with Crippen LogP contribution in [0.25, 0.3) is 5.69 Å². The Kier molecular flexibility index (Phi) is 7.37. The highest BCUT2D eigenvalue weighted by Gasteiger charge is 2.25. The Morgan fingerprint density at radius 2 is 1.97 bits per heavy atom. The molecule has 0 radical (unpaired) electrons. The van der Waals surface area contributed by atoms with Crippen LogP contribution < -0.4 is 5.32 Å². The van der Waals surface area contributed by atoms with Gasteiger partial charge in [0.15, 0.2) is 11.0 Å². The lowest BCUT2D eigenvalue weighted by Gasteiger charge is -2.31. The number of rotatable bonds is 8. The number of thiophene rings is 1. The molecule has 2 aromatic heterocycles. The van der Waals surface area contributed by atoms with Crippen molar-refractivity contribution in [3.8, 4) is 5.69 Å². The van der Waals surface area contributed by atoms with Crippen LogP contribution in [0.4, 0.5) is 4.39 Å². The number of nitrogens with one attached hydrogen (secondary N) is 1. The highest BCUT2D eigenvalue weighted by Crippen LogP contribution is 2.29. The second-order valence-corrected chi connectivity index (χ2v) is 9.54. The largest absolute Gasteiger partial charge is 0.350 e. The van der Waals surface area contributed by atoms with E-state index in [2.05, 4.69) is 27.3 Å². The molecule has 1 saturated heterocycles. The van der Waals surface area contributed by atoms with Gasteiger partial charge in [0.05, 0.1) is 18.3 Å². The third-order valence-electron chi connectivity index (χ3n) is 5.43. The van der Waals surface area contributed by atoms with E-state index in [1.165, 1.54) is 43.2 Å². The summed E-state index contributed by atoms with van der Waals surface area (Å²) in [7, 11) is 0. The van der Waals surface area contributed by atoms with Gasteiger partial charge < -0.3 is 5.32 Å². The average molecular weight is 460 g/mol. The number of benzene rings is 1. The van der Waals surface area contributed by atoms with E-state index in [0.29, 0.717) is 11.7 Å². The zero-order chi connectivity index (χ0) is 21.6. The number of likely N-dealkylation sites (tertiary alicyclic amines) is 1. The van der Waals surface area contributed by atoms with E-state index in [1.807, 2.05) is 22.1 Å². The monoisotopic (exact) mass is 459 g/mol. The topological polar surface area (TPSA) is 63.1 Å². The fraction of sp³-hybridized carbons (Fsp3) is 0.409. The maximum atomic E-state index is 13.5. The maximum absolute atomic E-state index is 13.5. The number of carbonyl (C=O) groups is 1. The SMILES string of the molecule is C[C@@H](c1nnc(SCC(=O)NCc2cccs2)n1-c1ccc(F)cc1)N1CCCCC1. The molecule has 0 unspecified atom stereocenters. The fourth-order valence-corrected chi connectivity index (χ4v) is 5.16. The third kappa shape index (κ3) is 5.53. The first-order chi connectivity index (χ1) is 15.1. The lowest BCUT2D eigenvalue weighted by Crippen LogP contribution is -2.33. The fourth-order valence-electron chi connectivity index (χ4n) is 3.73. The number of amides is 1. The Bertz CT molecular complexity index is 984. The molecule has 164 valence electrons. The second-order valence-electron chi connectivity index (χ2n) is 7.57. The van der Waals surface area contributed by atoms with Crippen LogP contribution >= 0.6 is 23.1 Å². The molecule has 3 heterocycles. The predicted molar refractivity (Wildman–Crippen MR) is 122 cm³/mol. The molecule has 1 aliphatic rings. The molecule has 1 aromatic carbocycles. The molecule has 0 saturated carbocycles. The highest BCUT2D eigenvalue weighted by atomic mass is 32.2. The number of piperidine rings is 1. The van der Waals surface area contributed by atoms with Crippen LogP contribution in [0.3, 0.4) is 0 Å². The normalized spacial score (nSPS) is 15.7. The van der Waals surface area contributed by atoms with Gasteiger partial charge in [-0.25, -0.2) is 4.39 Å². The molecule has 1 N–H and O–H groups in total. The number of hydrogen-bond donors (Lipinski definition) is 1. The van der Waals surface area contributed by atoms with Crippen LogP contribution in [0, 0.1) is 5.82 Å². The number of aromatic nitrogens is 3. The van der Waals surface area contributed by atoms with Crippen molar-refractivity contribution >= 4 is 29.0 Å². The van der Waals surface area contributed by atoms with Crippen LogP contribution in [0.1, 0.15) is 42.9 Å². The van der Waals surface area contributed by atoms with E-state index in [4.69, 9.17) is 0 Å². The minimum atomic E-state index is -0.287. The summed E-state index contributed by atoms with van der Waals surface area (Å²) in [6, 6.07) is 10.4. The van der Waals surface area contributed by atoms with Crippen molar-refractivity contribution in [3.63, 3.8) is 0 Å². The van der Waals surface area contributed by atoms with Crippen LogP contribution in [0.2, 0.25) is 0 Å². The molecular formula is C22H26FN5OS2. The van der Waals surface area contributed by atoms with Crippen molar-refractivity contribution in [2.24, 2.45) is 0 Å². The van der Waals surface area contributed by atoms with Crippen LogP contribution in [-0.4, -0.2) is 44.4 Å². The van der Waals surface area contributed by atoms with Crippen LogP contribution in [0.15, 0.2) is 46.9 Å². The third-order valence-corrected chi connectivity index (χ3v) is 7.23. The quantitative estimate of drug-likeness (QED) is 0.505. The summed E-state index contributed by atoms with van der Waals surface area (Å²) in [5.74, 6) is 0.709. The Morgan fingerprint density at radius 3 is 2.68 bits per heavy atom. The molecule has 31 heavy (non-hydrogen) atoms. The van der Waals surface area contributed by atoms with Crippen molar-refractivity contribution in [3.05, 3.63) is 58.3 Å². The van der Waals surface area contributed by atoms with Gasteiger partial charge in [0.25, 0.3) is 0 Å². The Morgan fingerprint density at radius 1 is 1.19 bits per heavy atom. The van der Waals surface area contributed by atoms with Crippen molar-refractivity contribution < 1.29 is 9.18 Å². The number of hydrogen-bond acceptors (Lipinski definition) is 6. The van der Waals surface area contributed by atoms with Crippen molar-refractivity contribution in [2.75, 3.05) is 18.8 Å². The van der Waals surface area contributed by atoms with E-state index in [0.717, 1.165) is 29.5 Å². The van der Waals surface area contributed by atoms with Gasteiger partial charge >= 0.3 is 0 Å². The Labute approximate surface area is 189 Å². The smallest absolute Gasteiger partial charge is 0.230 e. The van der Waals surface area contributed by atoms with Crippen molar-refractivity contribution in [1.82, 2.24) is 25.0 Å². The zero-order valence-corrected chi connectivity index (χ0v) is 19.1. The molecule has 3 aromatic rings. The summed E-state index contributed by atoms with van der Waals surface area (Å²) >= 11 is 2.96. The number of halogens is 1. The molecule has 6 nitrogen and oxygen atoms in total. The summed E-state index contributed by atoms with van der Waals surface area (Å²) in [6.07, 6.45) is 3.62. The molecule has 1 atom stereocenters. The van der Waals surface area contributed by atoms with Gasteiger partial charge in [-0.3, -0.25) is 14.3 Å².